The number of fused-ring (bicyclic) bond motifs is 2. The van der Waals surface area contributed by atoms with Gasteiger partial charge in [0.2, 0.25) is 0 Å². The smallest absolute Gasteiger partial charge is 0.161 e. The largest absolute Gasteiger partial charge is 0.486 e. The SMILES string of the molecule is N#CC1CCCc2cc3c(cc21)OCCO3. The van der Waals surface area contributed by atoms with E-state index in [4.69, 9.17) is 14.7 Å². The highest BCUT2D eigenvalue weighted by atomic mass is 16.6. The molecule has 3 rings (SSSR count). The van der Waals surface area contributed by atoms with Gasteiger partial charge in [0.15, 0.2) is 11.5 Å². The van der Waals surface area contributed by atoms with Crippen molar-refractivity contribution in [2.75, 3.05) is 13.2 Å². The van der Waals surface area contributed by atoms with Crippen molar-refractivity contribution >= 4 is 0 Å². The molecule has 0 N–H and O–H groups in total. The lowest BCUT2D eigenvalue weighted by Gasteiger charge is -2.25. The van der Waals surface area contributed by atoms with Gasteiger partial charge in [-0.3, -0.25) is 0 Å². The van der Waals surface area contributed by atoms with Crippen molar-refractivity contribution in [1.82, 2.24) is 0 Å². The molecule has 0 spiro atoms. The van der Waals surface area contributed by atoms with Crippen molar-refractivity contribution in [3.8, 4) is 17.6 Å². The molecule has 1 aromatic carbocycles. The highest BCUT2D eigenvalue weighted by Crippen LogP contribution is 2.40. The molecular weight excluding hydrogens is 202 g/mol. The Morgan fingerprint density at radius 2 is 1.94 bits per heavy atom. The van der Waals surface area contributed by atoms with Gasteiger partial charge >= 0.3 is 0 Å². The molecule has 1 heterocycles. The van der Waals surface area contributed by atoms with Gasteiger partial charge in [-0.05, 0) is 42.5 Å². The summed E-state index contributed by atoms with van der Waals surface area (Å²) in [5.41, 5.74) is 2.39. The fourth-order valence-corrected chi connectivity index (χ4v) is 2.47. The van der Waals surface area contributed by atoms with E-state index in [1.807, 2.05) is 12.1 Å². The van der Waals surface area contributed by atoms with Crippen LogP contribution in [0.2, 0.25) is 0 Å². The van der Waals surface area contributed by atoms with Crippen molar-refractivity contribution in [2.24, 2.45) is 0 Å². The zero-order valence-corrected chi connectivity index (χ0v) is 9.03. The van der Waals surface area contributed by atoms with Crippen molar-refractivity contribution < 1.29 is 9.47 Å². The summed E-state index contributed by atoms with van der Waals surface area (Å²) >= 11 is 0. The van der Waals surface area contributed by atoms with Crippen molar-refractivity contribution in [2.45, 2.75) is 25.2 Å². The standard InChI is InChI=1S/C13H13NO2/c14-8-10-3-1-2-9-6-12-13(7-11(9)10)16-5-4-15-12/h6-7,10H,1-5H2. The van der Waals surface area contributed by atoms with Crippen LogP contribution in [0.4, 0.5) is 0 Å². The zero-order valence-electron chi connectivity index (χ0n) is 9.03. The first-order valence-corrected chi connectivity index (χ1v) is 5.70. The molecular formula is C13H13NO2. The molecule has 82 valence electrons. The summed E-state index contributed by atoms with van der Waals surface area (Å²) in [7, 11) is 0. The maximum atomic E-state index is 9.12. The third kappa shape index (κ3) is 1.42. The minimum absolute atomic E-state index is 0.0274. The van der Waals surface area contributed by atoms with E-state index in [1.165, 1.54) is 5.56 Å². The minimum atomic E-state index is 0.0274. The number of aryl methyl sites for hydroxylation is 1. The summed E-state index contributed by atoms with van der Waals surface area (Å²) in [6, 6.07) is 6.42. The molecule has 16 heavy (non-hydrogen) atoms. The molecule has 1 unspecified atom stereocenters. The van der Waals surface area contributed by atoms with Crippen LogP contribution in [0.15, 0.2) is 12.1 Å². The number of nitrogens with zero attached hydrogens (tertiary/aromatic N) is 1. The van der Waals surface area contributed by atoms with Crippen LogP contribution in [0.3, 0.4) is 0 Å². The summed E-state index contributed by atoms with van der Waals surface area (Å²) in [6.45, 7) is 1.22. The molecule has 3 heteroatoms. The highest BCUT2D eigenvalue weighted by molar-refractivity contribution is 5.51. The molecule has 1 aromatic rings. The van der Waals surface area contributed by atoms with Crippen LogP contribution in [0.5, 0.6) is 11.5 Å². The second-order valence-corrected chi connectivity index (χ2v) is 4.27. The molecule has 0 fully saturated rings. The van der Waals surface area contributed by atoms with E-state index >= 15 is 0 Å². The molecule has 1 atom stereocenters. The molecule has 2 aliphatic rings. The molecule has 0 aromatic heterocycles. The second kappa shape index (κ2) is 3.71. The Morgan fingerprint density at radius 3 is 2.69 bits per heavy atom. The summed E-state index contributed by atoms with van der Waals surface area (Å²) in [5.74, 6) is 1.66. The van der Waals surface area contributed by atoms with Crippen molar-refractivity contribution in [1.29, 1.82) is 5.26 Å². The van der Waals surface area contributed by atoms with Gasteiger partial charge in [-0.25, -0.2) is 0 Å². The van der Waals surface area contributed by atoms with Crippen LogP contribution in [0.1, 0.15) is 29.9 Å². The molecule has 3 nitrogen and oxygen atoms in total. The van der Waals surface area contributed by atoms with E-state index in [0.29, 0.717) is 13.2 Å². The van der Waals surface area contributed by atoms with Crippen molar-refractivity contribution in [3.05, 3.63) is 23.3 Å². The Hall–Kier alpha value is -1.69. The Balaban J connectivity index is 2.09. The van der Waals surface area contributed by atoms with E-state index in [1.54, 1.807) is 0 Å². The summed E-state index contributed by atoms with van der Waals surface area (Å²) in [6.07, 6.45) is 3.10. The van der Waals surface area contributed by atoms with Gasteiger partial charge in [0, 0.05) is 0 Å². The number of ether oxygens (including phenoxy) is 2. The number of hydrogen-bond acceptors (Lipinski definition) is 3. The van der Waals surface area contributed by atoms with E-state index < -0.39 is 0 Å². The minimum Gasteiger partial charge on any atom is -0.486 e. The molecule has 0 radical (unpaired) electrons. The quantitative estimate of drug-likeness (QED) is 0.667. The first-order valence-electron chi connectivity index (χ1n) is 5.70. The zero-order chi connectivity index (χ0) is 11.0. The third-order valence-electron chi connectivity index (χ3n) is 3.27. The Morgan fingerprint density at radius 1 is 1.19 bits per heavy atom. The van der Waals surface area contributed by atoms with Crippen LogP contribution in [0, 0.1) is 11.3 Å². The van der Waals surface area contributed by atoms with Crippen LogP contribution in [-0.2, 0) is 6.42 Å². The molecule has 0 amide bonds. The topological polar surface area (TPSA) is 42.2 Å². The van der Waals surface area contributed by atoms with Gasteiger partial charge in [-0.15, -0.1) is 0 Å². The first kappa shape index (κ1) is 9.53. The van der Waals surface area contributed by atoms with Crippen molar-refractivity contribution in [3.63, 3.8) is 0 Å². The Labute approximate surface area is 94.6 Å². The van der Waals surface area contributed by atoms with Crippen LogP contribution < -0.4 is 9.47 Å². The average molecular weight is 215 g/mol. The lowest BCUT2D eigenvalue weighted by molar-refractivity contribution is 0.171. The summed E-state index contributed by atoms with van der Waals surface area (Å²) in [5, 5.41) is 9.12. The maximum Gasteiger partial charge on any atom is 0.161 e. The summed E-state index contributed by atoms with van der Waals surface area (Å²) in [4.78, 5) is 0. The number of rotatable bonds is 0. The van der Waals surface area contributed by atoms with E-state index in [0.717, 1.165) is 36.3 Å². The third-order valence-corrected chi connectivity index (χ3v) is 3.27. The lowest BCUT2D eigenvalue weighted by atomic mass is 9.83. The molecule has 0 saturated heterocycles. The van der Waals surface area contributed by atoms with Gasteiger partial charge in [0.05, 0.1) is 12.0 Å². The Bertz CT molecular complexity index is 462. The number of benzene rings is 1. The molecule has 1 aliphatic heterocycles. The predicted molar refractivity (Wildman–Crippen MR) is 58.7 cm³/mol. The van der Waals surface area contributed by atoms with Gasteiger partial charge in [0.1, 0.15) is 13.2 Å². The van der Waals surface area contributed by atoms with E-state index in [-0.39, 0.29) is 5.92 Å². The van der Waals surface area contributed by atoms with E-state index in [9.17, 15) is 0 Å². The van der Waals surface area contributed by atoms with Gasteiger partial charge < -0.3 is 9.47 Å². The maximum absolute atomic E-state index is 9.12. The predicted octanol–water partition coefficient (Wildman–Crippen LogP) is 2.40. The molecule has 0 saturated carbocycles. The first-order chi connectivity index (χ1) is 7.88. The van der Waals surface area contributed by atoms with Crippen LogP contribution in [-0.4, -0.2) is 13.2 Å². The monoisotopic (exact) mass is 215 g/mol. The van der Waals surface area contributed by atoms with Gasteiger partial charge in [-0.1, -0.05) is 0 Å². The fourth-order valence-electron chi connectivity index (χ4n) is 2.47. The molecule has 0 bridgehead atoms. The average Bonchev–Trinajstić information content (AvgIpc) is 2.35. The van der Waals surface area contributed by atoms with Gasteiger partial charge in [0.25, 0.3) is 0 Å². The van der Waals surface area contributed by atoms with Crippen LogP contribution >= 0.6 is 0 Å². The number of hydrogen-bond donors (Lipinski definition) is 0. The summed E-state index contributed by atoms with van der Waals surface area (Å²) < 4.78 is 11.1. The van der Waals surface area contributed by atoms with Gasteiger partial charge in [-0.2, -0.15) is 5.26 Å². The normalized spacial score (nSPS) is 22.1. The fraction of sp³-hybridized carbons (Fsp3) is 0.462. The highest BCUT2D eigenvalue weighted by Gasteiger charge is 2.23. The number of nitriles is 1. The van der Waals surface area contributed by atoms with Crippen LogP contribution in [0.25, 0.3) is 0 Å². The lowest BCUT2D eigenvalue weighted by Crippen LogP contribution is -2.17. The Kier molecular flexibility index (Phi) is 2.21. The second-order valence-electron chi connectivity index (χ2n) is 4.27. The molecule has 1 aliphatic carbocycles. The van der Waals surface area contributed by atoms with E-state index in [2.05, 4.69) is 6.07 Å².